The standard InChI is InChI=1S/C17H21N3O3/c1-2-9-20-17(22)14-8-4-3-7-13(14)15(19-20)16(21)18-11-12-6-5-10-23-12/h3-4,7-8,12H,2,5-6,9-11H2,1H3,(H,18,21)/t12-/m0/s1. The first-order valence-corrected chi connectivity index (χ1v) is 8.10. The van der Waals surface area contributed by atoms with Crippen molar-refractivity contribution >= 4 is 16.7 Å². The summed E-state index contributed by atoms with van der Waals surface area (Å²) >= 11 is 0. The predicted molar refractivity (Wildman–Crippen MR) is 87.6 cm³/mol. The molecule has 0 aliphatic carbocycles. The number of ether oxygens (including phenoxy) is 1. The van der Waals surface area contributed by atoms with Crippen molar-refractivity contribution in [3.63, 3.8) is 0 Å². The van der Waals surface area contributed by atoms with E-state index in [1.54, 1.807) is 18.2 Å². The van der Waals surface area contributed by atoms with Crippen molar-refractivity contribution in [1.82, 2.24) is 15.1 Å². The minimum atomic E-state index is -0.262. The molecule has 3 rings (SSSR count). The molecule has 0 saturated carbocycles. The van der Waals surface area contributed by atoms with Gasteiger partial charge in [0.25, 0.3) is 11.5 Å². The van der Waals surface area contributed by atoms with Gasteiger partial charge in [-0.1, -0.05) is 25.1 Å². The molecule has 1 fully saturated rings. The zero-order chi connectivity index (χ0) is 16.2. The fraction of sp³-hybridized carbons (Fsp3) is 0.471. The molecule has 1 aromatic carbocycles. The normalized spacial score (nSPS) is 17.5. The van der Waals surface area contributed by atoms with Crippen molar-refractivity contribution in [2.45, 2.75) is 38.8 Å². The van der Waals surface area contributed by atoms with Crippen LogP contribution in [0, 0.1) is 0 Å². The van der Waals surface area contributed by atoms with Crippen LogP contribution in [0.4, 0.5) is 0 Å². The lowest BCUT2D eigenvalue weighted by atomic mass is 10.1. The highest BCUT2D eigenvalue weighted by Crippen LogP contribution is 2.14. The van der Waals surface area contributed by atoms with Crippen LogP contribution < -0.4 is 10.9 Å². The van der Waals surface area contributed by atoms with Crippen LogP contribution in [0.25, 0.3) is 10.8 Å². The average Bonchev–Trinajstić information content (AvgIpc) is 3.09. The SMILES string of the molecule is CCCn1nc(C(=O)NC[C@@H]2CCCO2)c2ccccc2c1=O. The van der Waals surface area contributed by atoms with E-state index in [-0.39, 0.29) is 17.6 Å². The Balaban J connectivity index is 1.93. The smallest absolute Gasteiger partial charge is 0.274 e. The van der Waals surface area contributed by atoms with E-state index < -0.39 is 0 Å². The largest absolute Gasteiger partial charge is 0.376 e. The lowest BCUT2D eigenvalue weighted by Crippen LogP contribution is -2.34. The number of aromatic nitrogens is 2. The Morgan fingerprint density at radius 3 is 2.87 bits per heavy atom. The summed E-state index contributed by atoms with van der Waals surface area (Å²) in [7, 11) is 0. The summed E-state index contributed by atoms with van der Waals surface area (Å²) in [6, 6.07) is 7.11. The lowest BCUT2D eigenvalue weighted by Gasteiger charge is -2.13. The number of nitrogens with zero attached hydrogens (tertiary/aromatic N) is 2. The van der Waals surface area contributed by atoms with Gasteiger partial charge in [0.2, 0.25) is 0 Å². The molecule has 1 atom stereocenters. The van der Waals surface area contributed by atoms with Gasteiger partial charge < -0.3 is 10.1 Å². The van der Waals surface area contributed by atoms with Crippen LogP contribution >= 0.6 is 0 Å². The van der Waals surface area contributed by atoms with Crippen molar-refractivity contribution in [2.24, 2.45) is 0 Å². The Hall–Kier alpha value is -2.21. The Kier molecular flexibility index (Phi) is 4.71. The summed E-state index contributed by atoms with van der Waals surface area (Å²) in [5.41, 5.74) is 0.143. The molecule has 0 radical (unpaired) electrons. The van der Waals surface area contributed by atoms with Crippen LogP contribution in [0.1, 0.15) is 36.7 Å². The first-order valence-electron chi connectivity index (χ1n) is 8.10. The monoisotopic (exact) mass is 315 g/mol. The van der Waals surface area contributed by atoms with E-state index in [0.717, 1.165) is 25.9 Å². The Bertz CT molecular complexity index is 763. The molecule has 1 saturated heterocycles. The number of carbonyl (C=O) groups excluding carboxylic acids is 1. The summed E-state index contributed by atoms with van der Waals surface area (Å²) in [5, 5.41) is 8.29. The number of aryl methyl sites for hydroxylation is 1. The Morgan fingerprint density at radius 1 is 1.39 bits per heavy atom. The van der Waals surface area contributed by atoms with E-state index in [1.807, 2.05) is 13.0 Å². The van der Waals surface area contributed by atoms with E-state index in [1.165, 1.54) is 4.68 Å². The van der Waals surface area contributed by atoms with Crippen LogP contribution in [0.2, 0.25) is 0 Å². The zero-order valence-electron chi connectivity index (χ0n) is 13.2. The average molecular weight is 315 g/mol. The molecule has 1 aliphatic rings. The maximum Gasteiger partial charge on any atom is 0.274 e. The summed E-state index contributed by atoms with van der Waals surface area (Å²) in [4.78, 5) is 24.9. The number of hydrogen-bond donors (Lipinski definition) is 1. The molecule has 0 bridgehead atoms. The van der Waals surface area contributed by atoms with Gasteiger partial charge in [0, 0.05) is 25.1 Å². The van der Waals surface area contributed by atoms with E-state index >= 15 is 0 Å². The van der Waals surface area contributed by atoms with Crippen molar-refractivity contribution < 1.29 is 9.53 Å². The van der Waals surface area contributed by atoms with Crippen LogP contribution in [0.3, 0.4) is 0 Å². The molecule has 2 heterocycles. The van der Waals surface area contributed by atoms with Crippen LogP contribution in [-0.2, 0) is 11.3 Å². The van der Waals surface area contributed by atoms with Crippen molar-refractivity contribution in [3.8, 4) is 0 Å². The molecule has 23 heavy (non-hydrogen) atoms. The Morgan fingerprint density at radius 2 is 2.17 bits per heavy atom. The number of rotatable bonds is 5. The number of carbonyl (C=O) groups is 1. The maximum atomic E-state index is 12.5. The van der Waals surface area contributed by atoms with E-state index in [9.17, 15) is 9.59 Å². The molecule has 1 amide bonds. The number of amides is 1. The predicted octanol–water partition coefficient (Wildman–Crippen LogP) is 1.72. The van der Waals surface area contributed by atoms with Crippen LogP contribution in [0.15, 0.2) is 29.1 Å². The van der Waals surface area contributed by atoms with Crippen molar-refractivity contribution in [2.75, 3.05) is 13.2 Å². The highest BCUT2D eigenvalue weighted by atomic mass is 16.5. The van der Waals surface area contributed by atoms with Crippen LogP contribution in [0.5, 0.6) is 0 Å². The maximum absolute atomic E-state index is 12.5. The molecule has 6 heteroatoms. The molecule has 1 aromatic heterocycles. The van der Waals surface area contributed by atoms with Gasteiger partial charge in [-0.2, -0.15) is 5.10 Å². The third-order valence-corrected chi connectivity index (χ3v) is 4.03. The van der Waals surface area contributed by atoms with Gasteiger partial charge in [-0.15, -0.1) is 0 Å². The highest BCUT2D eigenvalue weighted by Gasteiger charge is 2.20. The Labute approximate surface area is 134 Å². The number of benzene rings is 1. The third kappa shape index (κ3) is 3.27. The second-order valence-corrected chi connectivity index (χ2v) is 5.77. The van der Waals surface area contributed by atoms with Crippen molar-refractivity contribution in [1.29, 1.82) is 0 Å². The lowest BCUT2D eigenvalue weighted by molar-refractivity contribution is 0.0853. The first-order chi connectivity index (χ1) is 11.2. The minimum Gasteiger partial charge on any atom is -0.376 e. The zero-order valence-corrected chi connectivity index (χ0v) is 13.2. The van der Waals surface area contributed by atoms with E-state index in [2.05, 4.69) is 10.4 Å². The summed E-state index contributed by atoms with van der Waals surface area (Å²) in [5.74, 6) is -0.262. The fourth-order valence-corrected chi connectivity index (χ4v) is 2.86. The minimum absolute atomic E-state index is 0.0757. The molecule has 1 aliphatic heterocycles. The molecule has 6 nitrogen and oxygen atoms in total. The molecular formula is C17H21N3O3. The van der Waals surface area contributed by atoms with Gasteiger partial charge in [-0.05, 0) is 25.3 Å². The van der Waals surface area contributed by atoms with Gasteiger partial charge in [0.15, 0.2) is 5.69 Å². The molecule has 1 N–H and O–H groups in total. The first kappa shape index (κ1) is 15.7. The quantitative estimate of drug-likeness (QED) is 0.912. The summed E-state index contributed by atoms with van der Waals surface area (Å²) in [6.07, 6.45) is 2.85. The van der Waals surface area contributed by atoms with E-state index in [0.29, 0.717) is 29.6 Å². The molecule has 122 valence electrons. The number of fused-ring (bicyclic) bond motifs is 1. The summed E-state index contributed by atoms with van der Waals surface area (Å²) < 4.78 is 6.90. The third-order valence-electron chi connectivity index (χ3n) is 4.03. The second kappa shape index (κ2) is 6.91. The second-order valence-electron chi connectivity index (χ2n) is 5.77. The van der Waals surface area contributed by atoms with Crippen LogP contribution in [-0.4, -0.2) is 34.9 Å². The number of nitrogens with one attached hydrogen (secondary N) is 1. The topological polar surface area (TPSA) is 73.2 Å². The molecule has 0 spiro atoms. The number of hydrogen-bond acceptors (Lipinski definition) is 4. The molecule has 0 unspecified atom stereocenters. The van der Waals surface area contributed by atoms with Gasteiger partial charge in [-0.25, -0.2) is 4.68 Å². The van der Waals surface area contributed by atoms with Gasteiger partial charge in [0.1, 0.15) is 0 Å². The fourth-order valence-electron chi connectivity index (χ4n) is 2.86. The van der Waals surface area contributed by atoms with Gasteiger partial charge in [-0.3, -0.25) is 9.59 Å². The highest BCUT2D eigenvalue weighted by molar-refractivity contribution is 6.04. The molecule has 2 aromatic rings. The van der Waals surface area contributed by atoms with E-state index in [4.69, 9.17) is 4.74 Å². The van der Waals surface area contributed by atoms with Gasteiger partial charge >= 0.3 is 0 Å². The summed E-state index contributed by atoms with van der Waals surface area (Å²) in [6.45, 7) is 3.70. The molecular weight excluding hydrogens is 294 g/mol. The van der Waals surface area contributed by atoms with Gasteiger partial charge in [0.05, 0.1) is 11.5 Å². The van der Waals surface area contributed by atoms with Crippen molar-refractivity contribution in [3.05, 3.63) is 40.3 Å².